The predicted octanol–water partition coefficient (Wildman–Crippen LogP) is 1.90. The molecule has 0 aromatic rings. The number of carbonyl (C=O) groups is 1. The Labute approximate surface area is 79.4 Å². The summed E-state index contributed by atoms with van der Waals surface area (Å²) < 4.78 is 11.0. The van der Waals surface area contributed by atoms with Crippen molar-refractivity contribution in [2.24, 2.45) is 0 Å². The number of ketones is 1. The van der Waals surface area contributed by atoms with Crippen LogP contribution in [0.4, 0.5) is 0 Å². The number of carbonyl (C=O) groups excluding carboxylic acids is 1. The van der Waals surface area contributed by atoms with Gasteiger partial charge in [0.15, 0.2) is 5.79 Å². The van der Waals surface area contributed by atoms with Gasteiger partial charge in [0, 0.05) is 19.3 Å². The third-order valence-corrected chi connectivity index (χ3v) is 2.53. The van der Waals surface area contributed by atoms with Crippen LogP contribution >= 0.6 is 0 Å². The molecule has 0 amide bonds. The molecule has 0 saturated carbocycles. The van der Waals surface area contributed by atoms with Crippen LogP contribution in [-0.4, -0.2) is 24.8 Å². The second-order valence-corrected chi connectivity index (χ2v) is 3.35. The third kappa shape index (κ3) is 2.78. The van der Waals surface area contributed by atoms with Crippen molar-refractivity contribution in [3.8, 4) is 0 Å². The highest BCUT2D eigenvalue weighted by Gasteiger charge is 2.34. The summed E-state index contributed by atoms with van der Waals surface area (Å²) in [5.41, 5.74) is 0. The molecule has 1 heterocycles. The highest BCUT2D eigenvalue weighted by atomic mass is 16.7. The van der Waals surface area contributed by atoms with E-state index >= 15 is 0 Å². The van der Waals surface area contributed by atoms with Crippen LogP contribution in [0, 0.1) is 0 Å². The molecule has 1 aliphatic heterocycles. The van der Waals surface area contributed by atoms with E-state index in [1.165, 1.54) is 0 Å². The minimum atomic E-state index is -0.454. The lowest BCUT2D eigenvalue weighted by atomic mass is 10.0. The van der Waals surface area contributed by atoms with Gasteiger partial charge >= 0.3 is 0 Å². The SMILES string of the molecule is CCC(=O)CCC1(CC)OCCO1. The minimum Gasteiger partial charge on any atom is -0.348 e. The fourth-order valence-corrected chi connectivity index (χ4v) is 1.53. The molecule has 0 atom stereocenters. The van der Waals surface area contributed by atoms with E-state index in [0.717, 1.165) is 6.42 Å². The summed E-state index contributed by atoms with van der Waals surface area (Å²) in [6, 6.07) is 0. The summed E-state index contributed by atoms with van der Waals surface area (Å²) in [6.07, 6.45) is 2.71. The maximum atomic E-state index is 11.1. The lowest BCUT2D eigenvalue weighted by molar-refractivity contribution is -0.166. The minimum absolute atomic E-state index is 0.284. The molecular formula is C10H18O3. The van der Waals surface area contributed by atoms with Gasteiger partial charge in [0.2, 0.25) is 0 Å². The van der Waals surface area contributed by atoms with Gasteiger partial charge in [-0.05, 0) is 6.42 Å². The van der Waals surface area contributed by atoms with E-state index in [-0.39, 0.29) is 5.78 Å². The van der Waals surface area contributed by atoms with Gasteiger partial charge in [-0.2, -0.15) is 0 Å². The Kier molecular flexibility index (Phi) is 3.88. The van der Waals surface area contributed by atoms with Crippen LogP contribution in [0.2, 0.25) is 0 Å². The van der Waals surface area contributed by atoms with E-state index in [1.807, 2.05) is 13.8 Å². The van der Waals surface area contributed by atoms with Gasteiger partial charge in [-0.1, -0.05) is 13.8 Å². The Balaban J connectivity index is 2.35. The predicted molar refractivity (Wildman–Crippen MR) is 49.5 cm³/mol. The number of Topliss-reactive ketones (excluding diaryl/α,β-unsaturated/α-hetero) is 1. The summed E-state index contributed by atoms with van der Waals surface area (Å²) >= 11 is 0. The van der Waals surface area contributed by atoms with Gasteiger partial charge in [0.05, 0.1) is 13.2 Å². The first-order valence-corrected chi connectivity index (χ1v) is 5.02. The van der Waals surface area contributed by atoms with Gasteiger partial charge in [0.1, 0.15) is 5.78 Å². The van der Waals surface area contributed by atoms with Crippen molar-refractivity contribution in [3.63, 3.8) is 0 Å². The standard InChI is InChI=1S/C10H18O3/c1-3-9(11)5-6-10(4-2)12-7-8-13-10/h3-8H2,1-2H3. The highest BCUT2D eigenvalue weighted by Crippen LogP contribution is 2.28. The topological polar surface area (TPSA) is 35.5 Å². The average Bonchev–Trinajstić information content (AvgIpc) is 2.63. The Morgan fingerprint density at radius 2 is 1.92 bits per heavy atom. The summed E-state index contributed by atoms with van der Waals surface area (Å²) in [5, 5.41) is 0. The van der Waals surface area contributed by atoms with Crippen molar-refractivity contribution >= 4 is 5.78 Å². The highest BCUT2D eigenvalue weighted by molar-refractivity contribution is 5.77. The summed E-state index contributed by atoms with van der Waals surface area (Å²) in [7, 11) is 0. The maximum Gasteiger partial charge on any atom is 0.168 e. The van der Waals surface area contributed by atoms with Crippen molar-refractivity contribution in [3.05, 3.63) is 0 Å². The van der Waals surface area contributed by atoms with Crippen molar-refractivity contribution < 1.29 is 14.3 Å². The van der Waals surface area contributed by atoms with Crippen LogP contribution in [0.15, 0.2) is 0 Å². The van der Waals surface area contributed by atoms with Crippen LogP contribution in [0.5, 0.6) is 0 Å². The molecule has 0 aromatic heterocycles. The Hall–Kier alpha value is -0.410. The maximum absolute atomic E-state index is 11.1. The first-order valence-electron chi connectivity index (χ1n) is 5.02. The van der Waals surface area contributed by atoms with Crippen molar-refractivity contribution in [1.82, 2.24) is 0 Å². The van der Waals surface area contributed by atoms with Gasteiger partial charge < -0.3 is 9.47 Å². The fourth-order valence-electron chi connectivity index (χ4n) is 1.53. The molecule has 1 saturated heterocycles. The molecule has 13 heavy (non-hydrogen) atoms. The largest absolute Gasteiger partial charge is 0.348 e. The first-order chi connectivity index (χ1) is 6.22. The molecular weight excluding hydrogens is 168 g/mol. The number of hydrogen-bond acceptors (Lipinski definition) is 3. The number of ether oxygens (including phenoxy) is 2. The molecule has 0 aliphatic carbocycles. The molecule has 3 heteroatoms. The number of rotatable bonds is 5. The van der Waals surface area contributed by atoms with Crippen LogP contribution in [-0.2, 0) is 14.3 Å². The van der Waals surface area contributed by atoms with Crippen molar-refractivity contribution in [2.75, 3.05) is 13.2 Å². The van der Waals surface area contributed by atoms with Crippen molar-refractivity contribution in [1.29, 1.82) is 0 Å². The molecule has 0 aromatic carbocycles. The van der Waals surface area contributed by atoms with Crippen LogP contribution in [0.1, 0.15) is 39.5 Å². The smallest absolute Gasteiger partial charge is 0.168 e. The lowest BCUT2D eigenvalue weighted by Gasteiger charge is -2.25. The normalized spacial score (nSPS) is 20.5. The second kappa shape index (κ2) is 4.72. The van der Waals surface area contributed by atoms with Crippen LogP contribution < -0.4 is 0 Å². The number of hydrogen-bond donors (Lipinski definition) is 0. The molecule has 0 N–H and O–H groups in total. The van der Waals surface area contributed by atoms with Crippen LogP contribution in [0.25, 0.3) is 0 Å². The van der Waals surface area contributed by atoms with E-state index < -0.39 is 5.79 Å². The van der Waals surface area contributed by atoms with E-state index in [2.05, 4.69) is 0 Å². The Morgan fingerprint density at radius 3 is 2.38 bits per heavy atom. The lowest BCUT2D eigenvalue weighted by Crippen LogP contribution is -2.29. The second-order valence-electron chi connectivity index (χ2n) is 3.35. The quantitative estimate of drug-likeness (QED) is 0.657. The summed E-state index contributed by atoms with van der Waals surface area (Å²) in [4.78, 5) is 11.1. The summed E-state index contributed by atoms with van der Waals surface area (Å²) in [5.74, 6) is -0.169. The fraction of sp³-hybridized carbons (Fsp3) is 0.900. The van der Waals surface area contributed by atoms with Gasteiger partial charge in [-0.15, -0.1) is 0 Å². The molecule has 76 valence electrons. The molecule has 1 aliphatic rings. The third-order valence-electron chi connectivity index (χ3n) is 2.53. The van der Waals surface area contributed by atoms with E-state index in [4.69, 9.17) is 9.47 Å². The zero-order valence-corrected chi connectivity index (χ0v) is 8.47. The van der Waals surface area contributed by atoms with Gasteiger partial charge in [-0.3, -0.25) is 4.79 Å². The van der Waals surface area contributed by atoms with E-state index in [1.54, 1.807) is 0 Å². The molecule has 0 spiro atoms. The molecule has 0 radical (unpaired) electrons. The summed E-state index contributed by atoms with van der Waals surface area (Å²) in [6.45, 7) is 5.24. The van der Waals surface area contributed by atoms with Gasteiger partial charge in [-0.25, -0.2) is 0 Å². The Morgan fingerprint density at radius 1 is 1.31 bits per heavy atom. The first kappa shape index (κ1) is 10.7. The van der Waals surface area contributed by atoms with E-state index in [9.17, 15) is 4.79 Å². The molecule has 1 rings (SSSR count). The Bertz CT molecular complexity index is 171. The zero-order chi connectivity index (χ0) is 9.73. The monoisotopic (exact) mass is 186 g/mol. The van der Waals surface area contributed by atoms with Gasteiger partial charge in [0.25, 0.3) is 0 Å². The van der Waals surface area contributed by atoms with Crippen LogP contribution in [0.3, 0.4) is 0 Å². The molecule has 3 nitrogen and oxygen atoms in total. The molecule has 1 fully saturated rings. The zero-order valence-electron chi connectivity index (χ0n) is 8.47. The van der Waals surface area contributed by atoms with E-state index in [0.29, 0.717) is 32.5 Å². The molecule has 0 unspecified atom stereocenters. The average molecular weight is 186 g/mol. The van der Waals surface area contributed by atoms with Crippen molar-refractivity contribution in [2.45, 2.75) is 45.3 Å². The molecule has 0 bridgehead atoms.